The summed E-state index contributed by atoms with van der Waals surface area (Å²) >= 11 is 36.5. The van der Waals surface area contributed by atoms with Gasteiger partial charge in [-0.3, -0.25) is 0 Å². The predicted octanol–water partition coefficient (Wildman–Crippen LogP) is 8.46. The highest BCUT2D eigenvalue weighted by Gasteiger charge is 2.67. The summed E-state index contributed by atoms with van der Waals surface area (Å²) in [6.45, 7) is 3.95. The third kappa shape index (κ3) is 4.42. The van der Waals surface area contributed by atoms with Gasteiger partial charge in [-0.1, -0.05) is 159 Å². The van der Waals surface area contributed by atoms with Crippen molar-refractivity contribution in [1.29, 1.82) is 0 Å². The number of halogens is 10. The molecule has 0 heterocycles. The van der Waals surface area contributed by atoms with Crippen LogP contribution in [-0.4, -0.2) is 16.2 Å². The van der Waals surface area contributed by atoms with Crippen molar-refractivity contribution < 1.29 is 0 Å². The smallest absolute Gasteiger partial charge is 0.0704 e. The molecule has 0 fully saturated rings. The molecule has 0 spiro atoms. The van der Waals surface area contributed by atoms with E-state index in [9.17, 15) is 0 Å². The molecule has 0 amide bonds. The molecule has 0 aromatic carbocycles. The maximum absolute atomic E-state index is 3.71. The van der Waals surface area contributed by atoms with Crippen molar-refractivity contribution in [1.82, 2.24) is 0 Å². The topological polar surface area (TPSA) is 0 Å². The minimum Gasteiger partial charge on any atom is -0.0704 e. The summed E-state index contributed by atoms with van der Waals surface area (Å²) < 4.78 is -2.68. The van der Waals surface area contributed by atoms with Crippen LogP contribution in [0.3, 0.4) is 0 Å². The van der Waals surface area contributed by atoms with Gasteiger partial charge < -0.3 is 0 Å². The first kappa shape index (κ1) is 21.8. The molecule has 0 N–H and O–H groups in total. The molecule has 0 aliphatic rings. The van der Waals surface area contributed by atoms with Crippen LogP contribution in [0.5, 0.6) is 0 Å². The Balaban J connectivity index is 5.73. The number of alkyl halides is 10. The molecule has 0 atom stereocenters. The fourth-order valence-electron chi connectivity index (χ4n) is 0.749. The zero-order valence-corrected chi connectivity index (χ0v) is 24.1. The molecule has 17 heavy (non-hydrogen) atoms. The molecule has 10 heteroatoms. The largest absolute Gasteiger partial charge is 0.135 e. The minimum absolute atomic E-state index is 0.432. The van der Waals surface area contributed by atoms with E-state index in [1.54, 1.807) is 0 Å². The molecule has 0 saturated carbocycles. The quantitative estimate of drug-likeness (QED) is 0.249. The Bertz CT molecular complexity index is 252. The average molecular weight is 889 g/mol. The Morgan fingerprint density at radius 2 is 0.588 bits per heavy atom. The summed E-state index contributed by atoms with van der Waals surface area (Å²) in [5.41, 5.74) is 0. The highest BCUT2D eigenvalue weighted by atomic mass is 79.9. The van der Waals surface area contributed by atoms with E-state index < -0.39 is 16.2 Å². The van der Waals surface area contributed by atoms with Crippen LogP contribution in [0.25, 0.3) is 0 Å². The SMILES string of the molecule is CC(Br)(Br)C(Br)(Br)C(Br)(Br)C(Br)(Br)C(C)(Br)Br. The molecule has 0 aromatic heterocycles. The van der Waals surface area contributed by atoms with Crippen molar-refractivity contribution in [3.63, 3.8) is 0 Å². The van der Waals surface area contributed by atoms with E-state index in [0.29, 0.717) is 0 Å². The van der Waals surface area contributed by atoms with Crippen LogP contribution < -0.4 is 0 Å². The maximum Gasteiger partial charge on any atom is 0.135 e. The molecular weight excluding hydrogens is 883 g/mol. The Morgan fingerprint density at radius 3 is 0.706 bits per heavy atom. The van der Waals surface area contributed by atoms with Gasteiger partial charge in [0.05, 0.1) is 0 Å². The Kier molecular flexibility index (Phi) is 8.63. The Labute approximate surface area is 186 Å². The van der Waals surface area contributed by atoms with Crippen molar-refractivity contribution in [3.05, 3.63) is 0 Å². The lowest BCUT2D eigenvalue weighted by Crippen LogP contribution is -2.59. The van der Waals surface area contributed by atoms with Crippen molar-refractivity contribution in [3.8, 4) is 0 Å². The summed E-state index contributed by atoms with van der Waals surface area (Å²) in [4.78, 5) is 0. The maximum atomic E-state index is 3.71. The lowest BCUT2D eigenvalue weighted by Gasteiger charge is -2.51. The van der Waals surface area contributed by atoms with Gasteiger partial charge in [0.25, 0.3) is 0 Å². The average Bonchev–Trinajstić information content (AvgIpc) is 1.98. The van der Waals surface area contributed by atoms with Gasteiger partial charge in [-0.2, -0.15) is 0 Å². The summed E-state index contributed by atoms with van der Waals surface area (Å²) in [5.74, 6) is 0. The number of rotatable bonds is 4. The van der Waals surface area contributed by atoms with Crippen LogP contribution in [0.15, 0.2) is 0 Å². The van der Waals surface area contributed by atoms with Gasteiger partial charge in [-0.15, -0.1) is 0 Å². The predicted molar refractivity (Wildman–Crippen MR) is 114 cm³/mol. The Hall–Kier alpha value is 4.80. The zero-order chi connectivity index (χ0) is 14.5. The first-order valence-corrected chi connectivity index (χ1v) is 11.8. The van der Waals surface area contributed by atoms with E-state index in [2.05, 4.69) is 159 Å². The highest BCUT2D eigenvalue weighted by Crippen LogP contribution is 2.70. The number of hydrogen-bond acceptors (Lipinski definition) is 0. The fraction of sp³-hybridized carbons (Fsp3) is 1.00. The van der Waals surface area contributed by atoms with Crippen LogP contribution in [-0.2, 0) is 0 Å². The lowest BCUT2D eigenvalue weighted by atomic mass is 10.1. The third-order valence-corrected chi connectivity index (χ3v) is 20.7. The van der Waals surface area contributed by atoms with Crippen LogP contribution in [0.2, 0.25) is 0 Å². The number of hydrogen-bond donors (Lipinski definition) is 0. The summed E-state index contributed by atoms with van der Waals surface area (Å²) in [6, 6.07) is 0. The second kappa shape index (κ2) is 6.73. The van der Waals surface area contributed by atoms with E-state index in [0.717, 1.165) is 0 Å². The van der Waals surface area contributed by atoms with E-state index in [-0.39, 0.29) is 0 Å². The molecule has 104 valence electrons. The minimum atomic E-state index is -0.635. The fourth-order valence-corrected chi connectivity index (χ4v) is 7.91. The summed E-state index contributed by atoms with van der Waals surface area (Å²) in [6.07, 6.45) is 0. The molecule has 0 unspecified atom stereocenters. The first-order valence-electron chi connectivity index (χ1n) is 3.89. The molecule has 0 bridgehead atoms. The zero-order valence-electron chi connectivity index (χ0n) is 8.28. The van der Waals surface area contributed by atoms with Crippen molar-refractivity contribution in [2.24, 2.45) is 0 Å². The van der Waals surface area contributed by atoms with E-state index in [1.165, 1.54) is 0 Å². The van der Waals surface area contributed by atoms with Crippen molar-refractivity contribution in [2.75, 3.05) is 0 Å². The summed E-state index contributed by atoms with van der Waals surface area (Å²) in [7, 11) is 0. The van der Waals surface area contributed by atoms with Crippen molar-refractivity contribution in [2.45, 2.75) is 30.0 Å². The highest BCUT2D eigenvalue weighted by molar-refractivity contribution is 9.35. The van der Waals surface area contributed by atoms with Gasteiger partial charge in [-0.25, -0.2) is 0 Å². The van der Waals surface area contributed by atoms with E-state index in [1.807, 2.05) is 13.8 Å². The van der Waals surface area contributed by atoms with Crippen LogP contribution in [0, 0.1) is 0 Å². The molecular formula is C7H6Br10. The van der Waals surface area contributed by atoms with Gasteiger partial charge in [-0.05, 0) is 13.8 Å². The van der Waals surface area contributed by atoms with Crippen LogP contribution in [0.1, 0.15) is 13.8 Å². The normalized spacial score (nSPS) is 16.2. The van der Waals surface area contributed by atoms with Crippen LogP contribution in [0.4, 0.5) is 0 Å². The lowest BCUT2D eigenvalue weighted by molar-refractivity contribution is 0.644. The molecule has 0 nitrogen and oxygen atoms in total. The van der Waals surface area contributed by atoms with Gasteiger partial charge in [0, 0.05) is 0 Å². The first-order chi connectivity index (χ1) is 7.00. The second-order valence-corrected chi connectivity index (χ2v) is 22.3. The molecule has 0 aliphatic heterocycles. The molecule has 0 aliphatic carbocycles. The van der Waals surface area contributed by atoms with Gasteiger partial charge >= 0.3 is 0 Å². The van der Waals surface area contributed by atoms with Gasteiger partial charge in [0.2, 0.25) is 0 Å². The van der Waals surface area contributed by atoms with Gasteiger partial charge in [0.1, 0.15) is 16.2 Å². The monoisotopic (exact) mass is 879 g/mol. The van der Waals surface area contributed by atoms with Crippen LogP contribution >= 0.6 is 159 Å². The van der Waals surface area contributed by atoms with Gasteiger partial charge in [0.15, 0.2) is 0 Å². The van der Waals surface area contributed by atoms with E-state index >= 15 is 0 Å². The summed E-state index contributed by atoms with van der Waals surface area (Å²) in [5, 5.41) is 0. The van der Waals surface area contributed by atoms with Crippen molar-refractivity contribution >= 4 is 159 Å². The molecule has 0 saturated heterocycles. The van der Waals surface area contributed by atoms with E-state index in [4.69, 9.17) is 0 Å². The second-order valence-electron chi connectivity index (χ2n) is 3.50. The Morgan fingerprint density at radius 1 is 0.412 bits per heavy atom. The molecule has 0 aromatic rings. The standard InChI is InChI=1S/C7H6Br10/c1-3(8,9)5(12,13)7(16,17)6(14,15)4(2,10)11/h1-2H3. The molecule has 0 rings (SSSR count). The molecule has 0 radical (unpaired) electrons. The third-order valence-electron chi connectivity index (χ3n) is 1.89.